The summed E-state index contributed by atoms with van der Waals surface area (Å²) in [4.78, 5) is 101. The van der Waals surface area contributed by atoms with Crippen molar-refractivity contribution in [1.29, 1.82) is 0 Å². The largest absolute Gasteiger partial charge is 0.493 e. The van der Waals surface area contributed by atoms with Crippen LogP contribution in [-0.4, -0.2) is 155 Å². The highest BCUT2D eigenvalue weighted by Crippen LogP contribution is 2.40. The summed E-state index contributed by atoms with van der Waals surface area (Å²) in [6, 6.07) is 29.8. The average Bonchev–Trinajstić information content (AvgIpc) is 1.62. The molecule has 12 heterocycles. The molecule has 4 N–H and O–H groups in total. The fourth-order valence-electron chi connectivity index (χ4n) is 14.1. The van der Waals surface area contributed by atoms with Gasteiger partial charge in [0.05, 0.1) is 79.4 Å². The first kappa shape index (κ1) is 79.8. The number of esters is 1. The number of fused-ring (bicyclic) bond motifs is 8. The summed E-state index contributed by atoms with van der Waals surface area (Å²) in [6.45, 7) is 8.17. The fraction of sp³-hybridized carbons (Fsp3) is 0.349. The predicted molar refractivity (Wildman–Crippen MR) is 416 cm³/mol. The lowest BCUT2D eigenvalue weighted by Crippen LogP contribution is -2.52. The van der Waals surface area contributed by atoms with E-state index in [1.165, 1.54) is 20.9 Å². The van der Waals surface area contributed by atoms with Crippen LogP contribution in [0.25, 0.3) is 10.0 Å². The fourth-order valence-corrected chi connectivity index (χ4v) is 16.6. The molecule has 2 fully saturated rings. The molecule has 29 nitrogen and oxygen atoms in total. The second-order valence-corrected chi connectivity index (χ2v) is 29.5. The number of hydrogen-bond donors (Lipinski definition) is 4. The molecule has 588 valence electrons. The third-order valence-electron chi connectivity index (χ3n) is 19.7. The topological polar surface area (TPSA) is 351 Å². The van der Waals surface area contributed by atoms with Crippen LogP contribution in [0.5, 0.6) is 11.5 Å². The molecule has 6 aromatic heterocycles. The summed E-state index contributed by atoms with van der Waals surface area (Å²) in [5.74, 6) is 14.6. The number of thiophene rings is 2. The van der Waals surface area contributed by atoms with Gasteiger partial charge in [-0.2, -0.15) is 10.2 Å². The number of ether oxygens (including phenoxy) is 5. The van der Waals surface area contributed by atoms with Crippen molar-refractivity contribution in [3.8, 4) is 45.2 Å². The molecule has 114 heavy (non-hydrogen) atoms. The van der Waals surface area contributed by atoms with E-state index in [0.29, 0.717) is 113 Å². The van der Waals surface area contributed by atoms with Crippen LogP contribution in [0.1, 0.15) is 181 Å². The molecule has 10 aromatic rings. The minimum atomic E-state index is -0.800. The van der Waals surface area contributed by atoms with Gasteiger partial charge in [-0.25, -0.2) is 0 Å². The maximum atomic E-state index is 13.1. The highest BCUT2D eigenvalue weighted by Gasteiger charge is 2.42. The maximum absolute atomic E-state index is 13.1. The summed E-state index contributed by atoms with van der Waals surface area (Å²) in [6.07, 6.45) is 12.1. The van der Waals surface area contributed by atoms with Gasteiger partial charge in [-0.05, 0) is 98.9 Å². The van der Waals surface area contributed by atoms with Crippen LogP contribution in [-0.2, 0) is 108 Å². The molecule has 2 saturated heterocycles. The van der Waals surface area contributed by atoms with Crippen LogP contribution in [0.4, 0.5) is 0 Å². The number of amides is 6. The van der Waals surface area contributed by atoms with Gasteiger partial charge in [0.25, 0.3) is 11.8 Å². The molecule has 0 aliphatic carbocycles. The van der Waals surface area contributed by atoms with Crippen LogP contribution >= 0.6 is 22.7 Å². The molecule has 6 aliphatic heterocycles. The molecule has 6 aliphatic rings. The summed E-state index contributed by atoms with van der Waals surface area (Å²) >= 11 is 3.26. The van der Waals surface area contributed by atoms with Crippen molar-refractivity contribution < 1.29 is 72.3 Å². The first-order valence-corrected chi connectivity index (χ1v) is 38.9. The quantitative estimate of drug-likeness (QED) is 0.0201. The lowest BCUT2D eigenvalue weighted by molar-refractivity contribution is -0.144. The molecule has 0 radical (unpaired) electrons. The molecule has 0 saturated carbocycles. The maximum Gasteiger partial charge on any atom is 0.305 e. The zero-order chi connectivity index (χ0) is 78.5. The molecule has 6 amide bonds. The van der Waals surface area contributed by atoms with E-state index in [-0.39, 0.29) is 95.6 Å². The van der Waals surface area contributed by atoms with Crippen molar-refractivity contribution in [3.63, 3.8) is 0 Å². The Kier molecular flexibility index (Phi) is 25.9. The number of carbonyl (C=O) groups is 8. The van der Waals surface area contributed by atoms with Crippen LogP contribution in [0.15, 0.2) is 122 Å². The standard InChI is InChI=1S/C41H39N7O7S.C25H23N5O3S.C16H18N2O5.CH4/c1-26-44-45-36-25-53-24-32-30(20-27-8-3-2-4-9-27)35(56-41(32)48(26)36)15-13-28-21-42-46(22-28)17-6-12-38(50)55-19-7-18-54-34-11-5-10-29-31(34)23-47(40(29)52)33-14-16-37(49)43-39(33)51;1-17-27-28-23-16-33-15-21-20(12-18-6-3-2-4-7-18)22(34-25(21)30(17)23)10-9-19-13-26-29(14-19)11-5-8-24(31)32;19-7-2-8-23-13-4-1-3-10-11(13)9-18(16(10)22)12-5-6-14(20)17-15(12)21;/h2-5,8-11,21-22,33H,6-7,12,14,16-20,23-25H2,1H3,(H,43,49,51);2-4,6-7,13-14H,5,8,11-12,15-16H2,1H3,(H,31,32);1,3-4,12,19H,2,5-9H2,(H,17,20,21);1H4. The number of aliphatic carboxylic acids is 1. The van der Waals surface area contributed by atoms with Crippen molar-refractivity contribution in [2.24, 2.45) is 0 Å². The first-order chi connectivity index (χ1) is 55.0. The Labute approximate surface area is 664 Å². The lowest BCUT2D eigenvalue weighted by Gasteiger charge is -2.29. The van der Waals surface area contributed by atoms with Gasteiger partial charge in [0, 0.05) is 104 Å². The molecule has 2 atom stereocenters. The highest BCUT2D eigenvalue weighted by molar-refractivity contribution is 7.15. The third-order valence-corrected chi connectivity index (χ3v) is 22.0. The number of aromatic nitrogens is 10. The van der Waals surface area contributed by atoms with Gasteiger partial charge < -0.3 is 43.7 Å². The average molecular weight is 1580 g/mol. The SMILES string of the molecule is C.Cc1nnc2n1-c1sc(C#Cc3cnn(CCCC(=O)O)c3)c(Cc3ccccc3)c1COC2.Cc1nnc2n1-c1sc(C#Cc3cnn(CCCC(=O)OCCCOc4cccc5c4CN(C4CCC(=O)NC4=O)C5=O)c3)c(Cc3ccccc3)c1COC2.O=C1CCC(N2Cc3c(OCCCO)cccc3C2=O)C(=O)N1. The second kappa shape index (κ2) is 36.9. The van der Waals surface area contributed by atoms with E-state index >= 15 is 0 Å². The van der Waals surface area contributed by atoms with Gasteiger partial charge in [0.15, 0.2) is 11.6 Å². The molecule has 31 heteroatoms. The molecular weight excluding hydrogens is 1500 g/mol. The van der Waals surface area contributed by atoms with Gasteiger partial charge in [0.2, 0.25) is 23.6 Å². The summed E-state index contributed by atoms with van der Waals surface area (Å²) in [5.41, 5.74) is 11.0. The van der Waals surface area contributed by atoms with Crippen molar-refractivity contribution in [2.75, 3.05) is 26.4 Å². The van der Waals surface area contributed by atoms with Crippen LogP contribution in [0.2, 0.25) is 0 Å². The molecular formula is C83H84N14O15S2. The minimum Gasteiger partial charge on any atom is -0.493 e. The number of aliphatic hydroxyl groups excluding tert-OH is 1. The molecule has 2 unspecified atom stereocenters. The second-order valence-electron chi connectivity index (χ2n) is 27.5. The van der Waals surface area contributed by atoms with Gasteiger partial charge in [0.1, 0.15) is 58.4 Å². The number of imide groups is 2. The number of aliphatic hydroxyl groups is 1. The predicted octanol–water partition coefficient (Wildman–Crippen LogP) is 8.97. The van der Waals surface area contributed by atoms with Crippen LogP contribution in [0, 0.1) is 37.5 Å². The Bertz CT molecular complexity index is 5390. The number of rotatable bonds is 23. The number of carbonyl (C=O) groups excluding carboxylic acids is 7. The number of benzene rings is 4. The number of nitrogens with one attached hydrogen (secondary N) is 2. The Morgan fingerprint density at radius 2 is 1.02 bits per heavy atom. The molecule has 0 bridgehead atoms. The number of piperidine rings is 2. The summed E-state index contributed by atoms with van der Waals surface area (Å²) in [5, 5.41) is 50.3. The molecule has 0 spiro atoms. The first-order valence-electron chi connectivity index (χ1n) is 37.2. The number of hydrogen-bond acceptors (Lipinski definition) is 22. The van der Waals surface area contributed by atoms with Crippen molar-refractivity contribution in [3.05, 3.63) is 222 Å². The number of nitrogens with zero attached hydrogens (tertiary/aromatic N) is 12. The zero-order valence-corrected chi connectivity index (χ0v) is 63.7. The van der Waals surface area contributed by atoms with E-state index in [4.69, 9.17) is 33.9 Å². The van der Waals surface area contributed by atoms with E-state index in [1.54, 1.807) is 80.8 Å². The molecule has 4 aromatic carbocycles. The number of aryl methyl sites for hydroxylation is 4. The summed E-state index contributed by atoms with van der Waals surface area (Å²) < 4.78 is 36.7. The normalized spacial score (nSPS) is 15.7. The smallest absolute Gasteiger partial charge is 0.305 e. The Morgan fingerprint density at radius 1 is 0.553 bits per heavy atom. The van der Waals surface area contributed by atoms with Gasteiger partial charge in [-0.15, -0.1) is 43.1 Å². The number of carboxylic acids is 1. The Morgan fingerprint density at radius 3 is 1.47 bits per heavy atom. The van der Waals surface area contributed by atoms with E-state index in [2.05, 4.69) is 98.3 Å². The van der Waals surface area contributed by atoms with Crippen LogP contribution in [0.3, 0.4) is 0 Å². The number of carboxylic acid groups (broad SMARTS) is 1. The van der Waals surface area contributed by atoms with Crippen molar-refractivity contribution in [1.82, 2.24) is 69.5 Å². The monoisotopic (exact) mass is 1580 g/mol. The third kappa shape index (κ3) is 18.6. The van der Waals surface area contributed by atoms with Gasteiger partial charge >= 0.3 is 11.9 Å². The summed E-state index contributed by atoms with van der Waals surface area (Å²) in [7, 11) is 0. The minimum absolute atomic E-state index is 0. The Balaban J connectivity index is 0.000000165. The molecule has 16 rings (SSSR count). The highest BCUT2D eigenvalue weighted by atomic mass is 32.1. The van der Waals surface area contributed by atoms with Crippen molar-refractivity contribution in [2.45, 2.75) is 163 Å². The lowest BCUT2D eigenvalue weighted by atomic mass is 10.0. The van der Waals surface area contributed by atoms with E-state index in [9.17, 15) is 38.4 Å². The zero-order valence-electron chi connectivity index (χ0n) is 62.1. The van der Waals surface area contributed by atoms with Gasteiger partial charge in [-0.1, -0.05) is 104 Å². The Hall–Kier alpha value is -12.3. The van der Waals surface area contributed by atoms with E-state index in [1.807, 2.05) is 62.6 Å². The van der Waals surface area contributed by atoms with E-state index < -0.39 is 29.9 Å². The van der Waals surface area contributed by atoms with E-state index in [0.717, 1.165) is 94.8 Å². The van der Waals surface area contributed by atoms with Crippen LogP contribution < -0.4 is 20.1 Å². The van der Waals surface area contributed by atoms with Gasteiger partial charge in [-0.3, -0.25) is 67.5 Å². The van der Waals surface area contributed by atoms with Crippen molar-refractivity contribution >= 4 is 70.1 Å².